The molecule has 0 saturated heterocycles. The predicted molar refractivity (Wildman–Crippen MR) is 172 cm³/mol. The summed E-state index contributed by atoms with van der Waals surface area (Å²) in [7, 11) is 0. The summed E-state index contributed by atoms with van der Waals surface area (Å²) >= 11 is 0. The number of amides is 1. The van der Waals surface area contributed by atoms with E-state index in [4.69, 9.17) is 15.9 Å². The van der Waals surface area contributed by atoms with Gasteiger partial charge >= 0.3 is 0 Å². The van der Waals surface area contributed by atoms with E-state index < -0.39 is 17.7 Å². The SMILES string of the molecule is NC(=O)C(c1ccccn1)C(Cc1c[nH]c2ccccc12)c1nnc(CCc2c[nH]c3ccccc23)n1Cc1ccccc1. The fourth-order valence-electron chi connectivity index (χ4n) is 6.34. The van der Waals surface area contributed by atoms with Gasteiger partial charge in [0.25, 0.3) is 0 Å². The van der Waals surface area contributed by atoms with E-state index in [9.17, 15) is 4.79 Å². The lowest BCUT2D eigenvalue weighted by Gasteiger charge is -2.25. The average Bonchev–Trinajstić information content (AvgIpc) is 3.78. The number of benzene rings is 3. The first-order valence-electron chi connectivity index (χ1n) is 14.9. The lowest BCUT2D eigenvalue weighted by Crippen LogP contribution is -2.31. The van der Waals surface area contributed by atoms with Crippen LogP contribution in [0.25, 0.3) is 21.8 Å². The van der Waals surface area contributed by atoms with Gasteiger partial charge in [0, 0.05) is 52.7 Å². The summed E-state index contributed by atoms with van der Waals surface area (Å²) in [5.74, 6) is 0.0395. The molecule has 8 nitrogen and oxygen atoms in total. The van der Waals surface area contributed by atoms with Crippen LogP contribution in [-0.4, -0.2) is 35.6 Å². The number of nitrogens with zero attached hydrogens (tertiary/aromatic N) is 4. The second-order valence-corrected chi connectivity index (χ2v) is 11.2. The summed E-state index contributed by atoms with van der Waals surface area (Å²) in [6, 6.07) is 32.4. The third-order valence-electron chi connectivity index (χ3n) is 8.49. The normalized spacial score (nSPS) is 12.9. The molecule has 3 aromatic carbocycles. The highest BCUT2D eigenvalue weighted by atomic mass is 16.1. The van der Waals surface area contributed by atoms with Gasteiger partial charge in [0.1, 0.15) is 11.6 Å². The molecule has 0 bridgehead atoms. The van der Waals surface area contributed by atoms with Gasteiger partial charge in [0.05, 0.1) is 18.2 Å². The first-order valence-corrected chi connectivity index (χ1v) is 14.9. The number of primary amides is 1. The summed E-state index contributed by atoms with van der Waals surface area (Å²) < 4.78 is 2.18. The molecule has 4 heterocycles. The number of para-hydroxylation sites is 2. The Balaban J connectivity index is 1.33. The molecule has 0 aliphatic rings. The van der Waals surface area contributed by atoms with Crippen LogP contribution in [-0.2, 0) is 30.6 Å². The number of rotatable bonds is 11. The van der Waals surface area contributed by atoms with Crippen molar-refractivity contribution in [2.75, 3.05) is 0 Å². The summed E-state index contributed by atoms with van der Waals surface area (Å²) in [6.45, 7) is 0.574. The smallest absolute Gasteiger partial charge is 0.227 e. The topological polar surface area (TPSA) is 118 Å². The highest BCUT2D eigenvalue weighted by molar-refractivity contribution is 5.85. The molecule has 7 aromatic rings. The van der Waals surface area contributed by atoms with Gasteiger partial charge in [-0.15, -0.1) is 10.2 Å². The maximum absolute atomic E-state index is 13.3. The van der Waals surface area contributed by atoms with E-state index in [1.165, 1.54) is 10.9 Å². The molecule has 7 rings (SSSR count). The molecule has 4 N–H and O–H groups in total. The molecule has 0 aliphatic carbocycles. The minimum Gasteiger partial charge on any atom is -0.369 e. The van der Waals surface area contributed by atoms with Gasteiger partial charge in [-0.3, -0.25) is 9.78 Å². The van der Waals surface area contributed by atoms with E-state index in [2.05, 4.69) is 68.2 Å². The van der Waals surface area contributed by atoms with Crippen LogP contribution in [0.2, 0.25) is 0 Å². The standard InChI is InChI=1S/C36H33N7O/c37-35(44)34(32-16-8-9-19-38-32)29(20-26-22-40-31-15-7-5-13-28(26)31)36-42-41-33(43(36)23-24-10-2-1-3-11-24)18-17-25-21-39-30-14-6-4-12-27(25)30/h1-16,19,21-22,29,34,39-40H,17-18,20,23H2,(H2,37,44). The van der Waals surface area contributed by atoms with Crippen LogP contribution in [0.1, 0.15) is 45.9 Å². The third kappa shape index (κ3) is 5.38. The molecule has 44 heavy (non-hydrogen) atoms. The van der Waals surface area contributed by atoms with Crippen LogP contribution in [0.3, 0.4) is 0 Å². The Kier molecular flexibility index (Phi) is 7.46. The van der Waals surface area contributed by atoms with Crippen LogP contribution in [0.15, 0.2) is 116 Å². The molecule has 0 radical (unpaired) electrons. The zero-order valence-electron chi connectivity index (χ0n) is 24.2. The summed E-state index contributed by atoms with van der Waals surface area (Å²) in [5.41, 5.74) is 12.4. The second kappa shape index (κ2) is 12.0. The summed E-state index contributed by atoms with van der Waals surface area (Å²) in [4.78, 5) is 24.7. The Hall–Kier alpha value is -5.50. The van der Waals surface area contributed by atoms with Crippen molar-refractivity contribution in [3.63, 3.8) is 0 Å². The molecular formula is C36H33N7O. The van der Waals surface area contributed by atoms with E-state index in [-0.39, 0.29) is 0 Å². The lowest BCUT2D eigenvalue weighted by molar-refractivity contribution is -0.120. The number of H-pyrrole nitrogens is 2. The lowest BCUT2D eigenvalue weighted by atomic mass is 9.82. The van der Waals surface area contributed by atoms with Gasteiger partial charge in [-0.2, -0.15) is 0 Å². The first kappa shape index (κ1) is 27.3. The first-order chi connectivity index (χ1) is 21.7. The number of aromatic nitrogens is 6. The number of nitrogens with one attached hydrogen (secondary N) is 2. The Morgan fingerprint density at radius 3 is 2.11 bits per heavy atom. The maximum atomic E-state index is 13.3. The van der Waals surface area contributed by atoms with Crippen LogP contribution in [0.5, 0.6) is 0 Å². The third-order valence-corrected chi connectivity index (χ3v) is 8.49. The van der Waals surface area contributed by atoms with Crippen LogP contribution < -0.4 is 5.73 Å². The van der Waals surface area contributed by atoms with Crippen molar-refractivity contribution in [3.05, 3.63) is 150 Å². The molecule has 8 heteroatoms. The van der Waals surface area contributed by atoms with Crippen LogP contribution in [0.4, 0.5) is 0 Å². The zero-order valence-corrected chi connectivity index (χ0v) is 24.2. The fraction of sp³-hybridized carbons (Fsp3) is 0.167. The minimum atomic E-state index is -0.704. The molecule has 218 valence electrons. The van der Waals surface area contributed by atoms with Gasteiger partial charge in [-0.05, 0) is 53.8 Å². The number of aryl methyl sites for hydroxylation is 2. The highest BCUT2D eigenvalue weighted by Gasteiger charge is 2.35. The van der Waals surface area contributed by atoms with Gasteiger partial charge in [-0.1, -0.05) is 72.8 Å². The van der Waals surface area contributed by atoms with E-state index >= 15 is 0 Å². The van der Waals surface area contributed by atoms with Gasteiger partial charge in [0.2, 0.25) is 5.91 Å². The fourth-order valence-corrected chi connectivity index (χ4v) is 6.34. The Labute approximate surface area is 255 Å². The zero-order chi connectivity index (χ0) is 29.9. The van der Waals surface area contributed by atoms with Gasteiger partial charge in [-0.25, -0.2) is 0 Å². The van der Waals surface area contributed by atoms with Crippen molar-refractivity contribution in [2.24, 2.45) is 5.73 Å². The highest BCUT2D eigenvalue weighted by Crippen LogP contribution is 2.37. The van der Waals surface area contributed by atoms with E-state index in [0.29, 0.717) is 25.1 Å². The minimum absolute atomic E-state index is 0.403. The van der Waals surface area contributed by atoms with Crippen molar-refractivity contribution in [3.8, 4) is 0 Å². The molecule has 1 amide bonds. The van der Waals surface area contributed by atoms with Crippen molar-refractivity contribution in [1.82, 2.24) is 29.7 Å². The molecule has 0 saturated carbocycles. The quantitative estimate of drug-likeness (QED) is 0.173. The number of nitrogens with two attached hydrogens (primary N) is 1. The summed E-state index contributed by atoms with van der Waals surface area (Å²) in [5, 5.41) is 11.9. The van der Waals surface area contributed by atoms with Crippen molar-refractivity contribution >= 4 is 27.7 Å². The summed E-state index contributed by atoms with van der Waals surface area (Å²) in [6.07, 6.45) is 7.81. The number of hydrogen-bond donors (Lipinski definition) is 3. The second-order valence-electron chi connectivity index (χ2n) is 11.2. The number of carbonyl (C=O) groups is 1. The van der Waals surface area contributed by atoms with Crippen molar-refractivity contribution in [2.45, 2.75) is 37.6 Å². The Morgan fingerprint density at radius 1 is 0.750 bits per heavy atom. The number of hydrogen-bond acceptors (Lipinski definition) is 4. The van der Waals surface area contributed by atoms with Gasteiger partial charge in [0.15, 0.2) is 0 Å². The molecule has 2 atom stereocenters. The average molecular weight is 580 g/mol. The number of aromatic amines is 2. The largest absolute Gasteiger partial charge is 0.369 e. The van der Waals surface area contributed by atoms with E-state index in [1.807, 2.05) is 60.8 Å². The number of pyridine rings is 1. The number of fused-ring (bicyclic) bond motifs is 2. The maximum Gasteiger partial charge on any atom is 0.227 e. The molecule has 2 unspecified atom stereocenters. The molecule has 0 aliphatic heterocycles. The Morgan fingerprint density at radius 2 is 1.41 bits per heavy atom. The van der Waals surface area contributed by atoms with E-state index in [0.717, 1.165) is 45.6 Å². The molecule has 0 spiro atoms. The predicted octanol–water partition coefficient (Wildman–Crippen LogP) is 6.06. The van der Waals surface area contributed by atoms with Crippen molar-refractivity contribution in [1.29, 1.82) is 0 Å². The monoisotopic (exact) mass is 579 g/mol. The van der Waals surface area contributed by atoms with E-state index in [1.54, 1.807) is 6.20 Å². The molecular weight excluding hydrogens is 546 g/mol. The van der Waals surface area contributed by atoms with Crippen LogP contribution >= 0.6 is 0 Å². The number of carbonyl (C=O) groups excluding carboxylic acids is 1. The molecule has 0 fully saturated rings. The van der Waals surface area contributed by atoms with Crippen molar-refractivity contribution < 1.29 is 4.79 Å². The van der Waals surface area contributed by atoms with Gasteiger partial charge < -0.3 is 20.3 Å². The molecule has 4 aromatic heterocycles. The Bertz CT molecular complexity index is 2020. The van der Waals surface area contributed by atoms with Crippen LogP contribution in [0, 0.1) is 0 Å².